The van der Waals surface area contributed by atoms with E-state index in [2.05, 4.69) is 36.6 Å². The third kappa shape index (κ3) is 5.45. The Morgan fingerprint density at radius 3 is 2.65 bits per heavy atom. The molecule has 0 saturated heterocycles. The highest BCUT2D eigenvalue weighted by Gasteiger charge is 2.06. The van der Waals surface area contributed by atoms with Crippen LogP contribution in [0.25, 0.3) is 0 Å². The van der Waals surface area contributed by atoms with Gasteiger partial charge in [-0.25, -0.2) is 0 Å². The topological polar surface area (TPSA) is 55.1 Å². The van der Waals surface area contributed by atoms with Gasteiger partial charge in [-0.05, 0) is 17.9 Å². The first-order valence-electron chi connectivity index (χ1n) is 5.69. The summed E-state index contributed by atoms with van der Waals surface area (Å²) in [6.07, 6.45) is 1.04. The maximum Gasteiger partial charge on any atom is 0.226 e. The molecule has 0 aromatic heterocycles. The van der Waals surface area contributed by atoms with Crippen LogP contribution in [0.2, 0.25) is 0 Å². The van der Waals surface area contributed by atoms with Crippen molar-refractivity contribution in [3.05, 3.63) is 35.9 Å². The number of amides is 1. The monoisotopic (exact) mass is 250 g/mol. The molecule has 92 valence electrons. The molecule has 3 N–H and O–H groups in total. The molecule has 0 aliphatic heterocycles. The predicted octanol–water partition coefficient (Wildman–Crippen LogP) is 1.97. The second kappa shape index (κ2) is 7.01. The van der Waals surface area contributed by atoms with Gasteiger partial charge in [0.25, 0.3) is 0 Å². The van der Waals surface area contributed by atoms with Crippen molar-refractivity contribution in [3.63, 3.8) is 0 Å². The van der Waals surface area contributed by atoms with Crippen LogP contribution in [-0.4, -0.2) is 17.4 Å². The van der Waals surface area contributed by atoms with E-state index >= 15 is 0 Å². The molecule has 0 spiro atoms. The van der Waals surface area contributed by atoms with Crippen molar-refractivity contribution in [2.45, 2.75) is 25.7 Å². The number of hydrogen-bond acceptors (Lipinski definition) is 2. The fourth-order valence-electron chi connectivity index (χ4n) is 1.60. The highest BCUT2D eigenvalue weighted by atomic mass is 32.1. The van der Waals surface area contributed by atoms with Gasteiger partial charge < -0.3 is 11.1 Å². The summed E-state index contributed by atoms with van der Waals surface area (Å²) in [5, 5.41) is 2.81. The summed E-state index contributed by atoms with van der Waals surface area (Å²) in [6.45, 7) is 2.80. The quantitative estimate of drug-likeness (QED) is 0.759. The van der Waals surface area contributed by atoms with E-state index in [9.17, 15) is 4.79 Å². The molecule has 1 aromatic rings. The van der Waals surface area contributed by atoms with Crippen LogP contribution in [0.5, 0.6) is 0 Å². The lowest BCUT2D eigenvalue weighted by Gasteiger charge is -2.12. The first kappa shape index (κ1) is 13.6. The van der Waals surface area contributed by atoms with E-state index in [1.54, 1.807) is 0 Å². The number of nitrogens with two attached hydrogens (primary N) is 1. The fourth-order valence-corrected chi connectivity index (χ4v) is 1.73. The first-order chi connectivity index (χ1) is 8.09. The molecule has 0 bridgehead atoms. The average molecular weight is 250 g/mol. The minimum absolute atomic E-state index is 0.0993. The molecule has 0 aliphatic carbocycles. The van der Waals surface area contributed by atoms with Gasteiger partial charge in [0.05, 0.1) is 11.4 Å². The highest BCUT2D eigenvalue weighted by molar-refractivity contribution is 7.80. The first-order valence-corrected chi connectivity index (χ1v) is 6.10. The number of rotatable bonds is 6. The van der Waals surface area contributed by atoms with Crippen molar-refractivity contribution >= 4 is 23.1 Å². The highest BCUT2D eigenvalue weighted by Crippen LogP contribution is 2.17. The van der Waals surface area contributed by atoms with Crippen LogP contribution in [0.1, 0.15) is 31.2 Å². The van der Waals surface area contributed by atoms with Crippen LogP contribution in [-0.2, 0) is 4.79 Å². The predicted molar refractivity (Wildman–Crippen MR) is 73.9 cm³/mol. The zero-order valence-corrected chi connectivity index (χ0v) is 10.8. The van der Waals surface area contributed by atoms with E-state index in [1.165, 1.54) is 5.56 Å². The van der Waals surface area contributed by atoms with Crippen LogP contribution in [0.4, 0.5) is 0 Å². The molecule has 1 amide bonds. The summed E-state index contributed by atoms with van der Waals surface area (Å²) in [4.78, 5) is 11.5. The SMILES string of the molecule is CC(CCNC(=O)CC(N)=S)c1ccccc1. The molecule has 3 nitrogen and oxygen atoms in total. The Balaban J connectivity index is 2.27. The summed E-state index contributed by atoms with van der Waals surface area (Å²) >= 11 is 4.67. The number of carbonyl (C=O) groups is 1. The number of carbonyl (C=O) groups excluding carboxylic acids is 1. The van der Waals surface area contributed by atoms with Gasteiger partial charge in [-0.2, -0.15) is 0 Å². The van der Waals surface area contributed by atoms with E-state index in [-0.39, 0.29) is 17.3 Å². The molecule has 0 saturated carbocycles. The van der Waals surface area contributed by atoms with Crippen LogP contribution in [0.15, 0.2) is 30.3 Å². The Kier molecular flexibility index (Phi) is 5.63. The third-order valence-electron chi connectivity index (χ3n) is 2.60. The van der Waals surface area contributed by atoms with Gasteiger partial charge in [0.1, 0.15) is 0 Å². The minimum atomic E-state index is -0.0993. The number of benzene rings is 1. The van der Waals surface area contributed by atoms with Crippen LogP contribution < -0.4 is 11.1 Å². The molecule has 0 aliphatic rings. The van der Waals surface area contributed by atoms with Crippen molar-refractivity contribution in [2.75, 3.05) is 6.54 Å². The van der Waals surface area contributed by atoms with Crippen molar-refractivity contribution in [1.29, 1.82) is 0 Å². The average Bonchev–Trinajstić information content (AvgIpc) is 2.29. The summed E-state index contributed by atoms with van der Waals surface area (Å²) < 4.78 is 0. The van der Waals surface area contributed by atoms with Gasteiger partial charge in [-0.15, -0.1) is 0 Å². The van der Waals surface area contributed by atoms with E-state index < -0.39 is 0 Å². The molecule has 1 rings (SSSR count). The second-order valence-corrected chi connectivity index (χ2v) is 4.62. The zero-order chi connectivity index (χ0) is 12.7. The fraction of sp³-hybridized carbons (Fsp3) is 0.385. The van der Waals surface area contributed by atoms with Gasteiger partial charge in [0.15, 0.2) is 0 Å². The van der Waals surface area contributed by atoms with Crippen molar-refractivity contribution in [1.82, 2.24) is 5.32 Å². The third-order valence-corrected chi connectivity index (χ3v) is 2.75. The number of thiocarbonyl (C=S) groups is 1. The zero-order valence-electron chi connectivity index (χ0n) is 9.98. The lowest BCUT2D eigenvalue weighted by molar-refractivity contribution is -0.119. The van der Waals surface area contributed by atoms with Gasteiger partial charge in [0, 0.05) is 6.54 Å². The van der Waals surface area contributed by atoms with Gasteiger partial charge >= 0.3 is 0 Å². The molecule has 4 heteroatoms. The molecule has 17 heavy (non-hydrogen) atoms. The van der Waals surface area contributed by atoms with E-state index in [0.717, 1.165) is 6.42 Å². The van der Waals surface area contributed by atoms with Crippen LogP contribution in [0, 0.1) is 0 Å². The Morgan fingerprint density at radius 1 is 1.41 bits per heavy atom. The van der Waals surface area contributed by atoms with Crippen molar-refractivity contribution in [2.24, 2.45) is 5.73 Å². The Hall–Kier alpha value is -1.42. The molecule has 1 aromatic carbocycles. The normalized spacial score (nSPS) is 11.8. The van der Waals surface area contributed by atoms with Crippen LogP contribution in [0.3, 0.4) is 0 Å². The van der Waals surface area contributed by atoms with Crippen molar-refractivity contribution in [3.8, 4) is 0 Å². The summed E-state index contributed by atoms with van der Waals surface area (Å²) in [5.74, 6) is 0.332. The van der Waals surface area contributed by atoms with E-state index in [4.69, 9.17) is 5.73 Å². The molecular formula is C13H18N2OS. The van der Waals surface area contributed by atoms with Crippen LogP contribution >= 0.6 is 12.2 Å². The molecule has 0 fully saturated rings. The second-order valence-electron chi connectivity index (χ2n) is 4.09. The smallest absolute Gasteiger partial charge is 0.226 e. The lowest BCUT2D eigenvalue weighted by Crippen LogP contribution is -2.29. The minimum Gasteiger partial charge on any atom is -0.393 e. The standard InChI is InChI=1S/C13H18N2OS/c1-10(11-5-3-2-4-6-11)7-8-15-13(16)9-12(14)17/h2-6,10H,7-9H2,1H3,(H2,14,17)(H,15,16). The number of nitrogens with one attached hydrogen (secondary N) is 1. The molecular weight excluding hydrogens is 232 g/mol. The van der Waals surface area contributed by atoms with Crippen molar-refractivity contribution < 1.29 is 4.79 Å². The molecule has 0 heterocycles. The number of hydrogen-bond donors (Lipinski definition) is 2. The van der Waals surface area contributed by atoms with Gasteiger partial charge in [-0.3, -0.25) is 4.79 Å². The summed E-state index contributed by atoms with van der Waals surface area (Å²) in [5.41, 5.74) is 6.57. The van der Waals surface area contributed by atoms with E-state index in [1.807, 2.05) is 18.2 Å². The molecule has 0 radical (unpaired) electrons. The van der Waals surface area contributed by atoms with E-state index in [0.29, 0.717) is 12.5 Å². The molecule has 1 unspecified atom stereocenters. The maximum absolute atomic E-state index is 11.3. The van der Waals surface area contributed by atoms with Gasteiger partial charge in [-0.1, -0.05) is 49.5 Å². The Morgan fingerprint density at radius 2 is 2.06 bits per heavy atom. The Bertz CT molecular complexity index is 378. The maximum atomic E-state index is 11.3. The Labute approximate surface area is 107 Å². The lowest BCUT2D eigenvalue weighted by atomic mass is 9.98. The largest absolute Gasteiger partial charge is 0.393 e. The summed E-state index contributed by atoms with van der Waals surface area (Å²) in [6, 6.07) is 10.2. The van der Waals surface area contributed by atoms with Gasteiger partial charge in [0.2, 0.25) is 5.91 Å². The summed E-state index contributed by atoms with van der Waals surface area (Å²) in [7, 11) is 0. The molecule has 1 atom stereocenters.